The van der Waals surface area contributed by atoms with Gasteiger partial charge in [-0.05, 0) is 53.2 Å². The SMILES string of the molecule is C\C=C(/C=C(Br)/C=C/CCCCCO)CO[Si](c1ccccc1)(c1ccccc1)C(C)(C)C. The summed E-state index contributed by atoms with van der Waals surface area (Å²) in [7, 11) is -2.55. The van der Waals surface area contributed by atoms with E-state index >= 15 is 0 Å². The highest BCUT2D eigenvalue weighted by atomic mass is 79.9. The molecular weight excluding hydrogens is 488 g/mol. The average Bonchev–Trinajstić information content (AvgIpc) is 2.81. The van der Waals surface area contributed by atoms with Gasteiger partial charge in [-0.3, -0.25) is 0 Å². The van der Waals surface area contributed by atoms with Crippen LogP contribution in [0, 0.1) is 0 Å². The molecule has 0 aliphatic heterocycles. The van der Waals surface area contributed by atoms with Crippen molar-refractivity contribution >= 4 is 34.6 Å². The summed E-state index contributed by atoms with van der Waals surface area (Å²) >= 11 is 3.70. The number of hydrogen-bond donors (Lipinski definition) is 1. The van der Waals surface area contributed by atoms with Crippen LogP contribution in [0.15, 0.2) is 95.0 Å². The number of halogens is 1. The summed E-state index contributed by atoms with van der Waals surface area (Å²) in [6.07, 6.45) is 12.7. The molecule has 2 aromatic rings. The number of aliphatic hydroxyl groups excluding tert-OH is 1. The summed E-state index contributed by atoms with van der Waals surface area (Å²) in [6, 6.07) is 21.5. The summed E-state index contributed by atoms with van der Waals surface area (Å²) in [5, 5.41) is 11.4. The van der Waals surface area contributed by atoms with Crippen LogP contribution in [0.2, 0.25) is 5.04 Å². The van der Waals surface area contributed by atoms with Gasteiger partial charge in [0.15, 0.2) is 0 Å². The maximum Gasteiger partial charge on any atom is 0.261 e. The quantitative estimate of drug-likeness (QED) is 0.185. The molecular formula is C29H39BrO2Si. The van der Waals surface area contributed by atoms with Crippen molar-refractivity contribution < 1.29 is 9.53 Å². The molecule has 2 aromatic carbocycles. The molecule has 0 fully saturated rings. The predicted octanol–water partition coefficient (Wildman–Crippen LogP) is 6.90. The number of aliphatic hydroxyl groups is 1. The van der Waals surface area contributed by atoms with Gasteiger partial charge >= 0.3 is 0 Å². The van der Waals surface area contributed by atoms with E-state index in [1.54, 1.807) is 0 Å². The molecule has 0 aliphatic rings. The minimum Gasteiger partial charge on any atom is -0.403 e. The number of rotatable bonds is 12. The van der Waals surface area contributed by atoms with Crippen LogP contribution in [0.5, 0.6) is 0 Å². The van der Waals surface area contributed by atoms with E-state index in [4.69, 9.17) is 9.53 Å². The van der Waals surface area contributed by atoms with E-state index in [0.717, 1.165) is 35.7 Å². The average molecular weight is 528 g/mol. The third-order valence-electron chi connectivity index (χ3n) is 5.87. The van der Waals surface area contributed by atoms with Crippen LogP contribution >= 0.6 is 15.9 Å². The van der Waals surface area contributed by atoms with Crippen LogP contribution in [-0.4, -0.2) is 26.6 Å². The fraction of sp³-hybridized carbons (Fsp3) is 0.379. The van der Waals surface area contributed by atoms with E-state index in [9.17, 15) is 0 Å². The van der Waals surface area contributed by atoms with Crippen LogP contribution in [0.25, 0.3) is 0 Å². The van der Waals surface area contributed by atoms with E-state index in [1.807, 2.05) is 0 Å². The Labute approximate surface area is 210 Å². The normalized spacial score (nSPS) is 13.6. The zero-order valence-electron chi connectivity index (χ0n) is 20.6. The van der Waals surface area contributed by atoms with Gasteiger partial charge < -0.3 is 9.53 Å². The largest absolute Gasteiger partial charge is 0.403 e. The minimum absolute atomic E-state index is 0.0377. The summed E-state index contributed by atoms with van der Waals surface area (Å²) in [4.78, 5) is 0. The topological polar surface area (TPSA) is 29.5 Å². The first-order chi connectivity index (χ1) is 15.8. The Balaban J connectivity index is 2.27. The minimum atomic E-state index is -2.55. The maximum atomic E-state index is 8.89. The van der Waals surface area contributed by atoms with Crippen molar-refractivity contribution in [3.05, 3.63) is 95.0 Å². The molecule has 2 nitrogen and oxygen atoms in total. The van der Waals surface area contributed by atoms with Crippen LogP contribution in [0.3, 0.4) is 0 Å². The smallest absolute Gasteiger partial charge is 0.261 e. The van der Waals surface area contributed by atoms with Crippen LogP contribution in [0.1, 0.15) is 53.4 Å². The lowest BCUT2D eigenvalue weighted by Crippen LogP contribution is -2.66. The van der Waals surface area contributed by atoms with Gasteiger partial charge in [0, 0.05) is 11.1 Å². The van der Waals surface area contributed by atoms with Gasteiger partial charge in [-0.2, -0.15) is 0 Å². The summed E-state index contributed by atoms with van der Waals surface area (Å²) < 4.78 is 8.09. The molecule has 178 valence electrons. The Hall–Kier alpha value is -1.72. The van der Waals surface area contributed by atoms with E-state index < -0.39 is 8.32 Å². The molecule has 0 aromatic heterocycles. The zero-order chi connectivity index (χ0) is 24.2. The van der Waals surface area contributed by atoms with Crippen LogP contribution < -0.4 is 10.4 Å². The third-order valence-corrected chi connectivity index (χ3v) is 11.3. The number of allylic oxidation sites excluding steroid dienone is 4. The first kappa shape index (κ1) is 27.5. The highest BCUT2D eigenvalue weighted by Crippen LogP contribution is 2.37. The van der Waals surface area contributed by atoms with Gasteiger partial charge in [0.25, 0.3) is 8.32 Å². The molecule has 2 rings (SSSR count). The van der Waals surface area contributed by atoms with Gasteiger partial charge in [-0.25, -0.2) is 0 Å². The van der Waals surface area contributed by atoms with E-state index in [0.29, 0.717) is 6.61 Å². The molecule has 0 bridgehead atoms. The van der Waals surface area contributed by atoms with Crippen LogP contribution in [0.4, 0.5) is 0 Å². The molecule has 0 atom stereocenters. The van der Waals surface area contributed by atoms with Crippen LogP contribution in [-0.2, 0) is 4.43 Å². The molecule has 0 heterocycles. The van der Waals surface area contributed by atoms with Gasteiger partial charge in [0.05, 0.1) is 6.61 Å². The first-order valence-electron chi connectivity index (χ1n) is 11.9. The van der Waals surface area contributed by atoms with Crippen molar-refractivity contribution in [3.8, 4) is 0 Å². The molecule has 0 saturated heterocycles. The Morgan fingerprint density at radius 3 is 2.00 bits per heavy atom. The van der Waals surface area contributed by atoms with Gasteiger partial charge in [-0.15, -0.1) is 0 Å². The van der Waals surface area contributed by atoms with E-state index in [1.165, 1.54) is 10.4 Å². The molecule has 4 heteroatoms. The molecule has 0 radical (unpaired) electrons. The molecule has 0 aliphatic carbocycles. The van der Waals surface area contributed by atoms with Crippen molar-refractivity contribution in [1.29, 1.82) is 0 Å². The van der Waals surface area contributed by atoms with E-state index in [2.05, 4.69) is 129 Å². The molecule has 1 N–H and O–H groups in total. The highest BCUT2D eigenvalue weighted by Gasteiger charge is 2.50. The molecule has 0 spiro atoms. The Morgan fingerprint density at radius 1 is 0.939 bits per heavy atom. The lowest BCUT2D eigenvalue weighted by atomic mass is 10.2. The lowest BCUT2D eigenvalue weighted by Gasteiger charge is -2.43. The molecule has 0 unspecified atom stereocenters. The fourth-order valence-electron chi connectivity index (χ4n) is 4.13. The highest BCUT2D eigenvalue weighted by molar-refractivity contribution is 9.11. The van der Waals surface area contributed by atoms with Gasteiger partial charge in [-0.1, -0.05) is 122 Å². The summed E-state index contributed by atoms with van der Waals surface area (Å²) in [5.41, 5.74) is 1.15. The van der Waals surface area contributed by atoms with Crippen molar-refractivity contribution in [2.75, 3.05) is 13.2 Å². The number of unbranched alkanes of at least 4 members (excludes halogenated alkanes) is 3. The Morgan fingerprint density at radius 2 is 1.52 bits per heavy atom. The number of hydrogen-bond acceptors (Lipinski definition) is 2. The van der Waals surface area contributed by atoms with Crippen molar-refractivity contribution in [1.82, 2.24) is 0 Å². The maximum absolute atomic E-state index is 8.89. The Kier molecular flexibility index (Phi) is 11.6. The Bertz CT molecular complexity index is 872. The summed E-state index contributed by atoms with van der Waals surface area (Å²) in [5.74, 6) is 0. The van der Waals surface area contributed by atoms with Crippen molar-refractivity contribution in [2.24, 2.45) is 0 Å². The molecule has 0 amide bonds. The van der Waals surface area contributed by atoms with E-state index in [-0.39, 0.29) is 11.6 Å². The van der Waals surface area contributed by atoms with Gasteiger partial charge in [0.2, 0.25) is 0 Å². The second kappa shape index (κ2) is 13.9. The second-order valence-corrected chi connectivity index (χ2v) is 14.5. The van der Waals surface area contributed by atoms with Crippen molar-refractivity contribution in [3.63, 3.8) is 0 Å². The number of benzene rings is 2. The summed E-state index contributed by atoms with van der Waals surface area (Å²) in [6.45, 7) is 9.82. The van der Waals surface area contributed by atoms with Gasteiger partial charge in [0.1, 0.15) is 0 Å². The lowest BCUT2D eigenvalue weighted by molar-refractivity contribution is 0.283. The van der Waals surface area contributed by atoms with Crippen molar-refractivity contribution in [2.45, 2.75) is 58.4 Å². The predicted molar refractivity (Wildman–Crippen MR) is 149 cm³/mol. The fourth-order valence-corrected chi connectivity index (χ4v) is 9.15. The first-order valence-corrected chi connectivity index (χ1v) is 14.6. The second-order valence-electron chi connectivity index (χ2n) is 9.32. The molecule has 0 saturated carbocycles. The standard InChI is InChI=1S/C29H39BrO2Si/c1-5-25(23-26(30)17-11-7-6-8-16-22-31)24-32-33(29(2,3)4,27-18-12-9-13-19-27)28-20-14-10-15-21-28/h5,9-15,17-21,23,31H,6-8,16,22,24H2,1-4H3/b17-11+,25-5+,26-23-. The zero-order valence-corrected chi connectivity index (χ0v) is 23.1. The third kappa shape index (κ3) is 7.92. The monoisotopic (exact) mass is 526 g/mol. The molecule has 33 heavy (non-hydrogen) atoms.